The molecule has 0 aliphatic heterocycles. The molecule has 1 aromatic heterocycles. The van der Waals surface area contributed by atoms with Crippen LogP contribution in [0.1, 0.15) is 5.56 Å². The predicted octanol–water partition coefficient (Wildman–Crippen LogP) is 2.17. The van der Waals surface area contributed by atoms with Crippen molar-refractivity contribution in [3.8, 4) is 11.3 Å². The molecule has 2 aromatic rings. The van der Waals surface area contributed by atoms with Gasteiger partial charge in [0, 0.05) is 11.6 Å². The smallest absolute Gasteiger partial charge is 0.328 e. The van der Waals surface area contributed by atoms with E-state index < -0.39 is 5.97 Å². The van der Waals surface area contributed by atoms with Crippen LogP contribution in [0.15, 0.2) is 42.9 Å². The lowest BCUT2D eigenvalue weighted by Gasteiger charge is -2.02. The summed E-state index contributed by atoms with van der Waals surface area (Å²) in [5, 5.41) is 8.59. The molecule has 0 aliphatic carbocycles. The van der Waals surface area contributed by atoms with Crippen LogP contribution in [-0.2, 0) is 4.79 Å². The van der Waals surface area contributed by atoms with Gasteiger partial charge in [-0.15, -0.1) is 0 Å². The van der Waals surface area contributed by atoms with Gasteiger partial charge in [0.1, 0.15) is 0 Å². The van der Waals surface area contributed by atoms with Crippen molar-refractivity contribution in [2.24, 2.45) is 0 Å². The van der Waals surface area contributed by atoms with E-state index in [2.05, 4.69) is 9.97 Å². The number of benzene rings is 1. The normalized spacial score (nSPS) is 10.8. The summed E-state index contributed by atoms with van der Waals surface area (Å²) in [5.41, 5.74) is 2.64. The minimum absolute atomic E-state index is 0.842. The first kappa shape index (κ1) is 10.2. The van der Waals surface area contributed by atoms with E-state index in [1.807, 2.05) is 24.3 Å². The molecule has 4 nitrogen and oxygen atoms in total. The maximum atomic E-state index is 10.5. The first-order chi connectivity index (χ1) is 7.77. The van der Waals surface area contributed by atoms with E-state index in [1.165, 1.54) is 0 Å². The molecular formula is C12H10N2O2. The summed E-state index contributed by atoms with van der Waals surface area (Å²) >= 11 is 0. The van der Waals surface area contributed by atoms with Crippen LogP contribution in [0.4, 0.5) is 0 Å². The Kier molecular flexibility index (Phi) is 2.82. The van der Waals surface area contributed by atoms with Gasteiger partial charge in [-0.1, -0.05) is 24.3 Å². The fraction of sp³-hybridized carbons (Fsp3) is 0. The van der Waals surface area contributed by atoms with Crippen molar-refractivity contribution < 1.29 is 9.90 Å². The Morgan fingerprint density at radius 2 is 2.19 bits per heavy atom. The largest absolute Gasteiger partial charge is 0.478 e. The maximum Gasteiger partial charge on any atom is 0.328 e. The summed E-state index contributed by atoms with van der Waals surface area (Å²) in [5.74, 6) is -0.959. The number of carboxylic acids is 1. The second-order valence-corrected chi connectivity index (χ2v) is 3.22. The van der Waals surface area contributed by atoms with E-state index in [9.17, 15) is 4.79 Å². The molecule has 0 aliphatic rings. The van der Waals surface area contributed by atoms with Crippen LogP contribution in [-0.4, -0.2) is 21.0 Å². The quantitative estimate of drug-likeness (QED) is 0.769. The van der Waals surface area contributed by atoms with Gasteiger partial charge in [-0.2, -0.15) is 0 Å². The van der Waals surface area contributed by atoms with Gasteiger partial charge < -0.3 is 10.1 Å². The lowest BCUT2D eigenvalue weighted by Crippen LogP contribution is -1.87. The van der Waals surface area contributed by atoms with Crippen LogP contribution in [0.3, 0.4) is 0 Å². The number of aliphatic carboxylic acids is 1. The number of hydrogen-bond donors (Lipinski definition) is 2. The van der Waals surface area contributed by atoms with Gasteiger partial charge in [0.05, 0.1) is 18.2 Å². The Hall–Kier alpha value is -2.36. The average molecular weight is 214 g/mol. The molecule has 1 aromatic carbocycles. The highest BCUT2D eigenvalue weighted by Crippen LogP contribution is 2.21. The van der Waals surface area contributed by atoms with Gasteiger partial charge in [-0.25, -0.2) is 9.78 Å². The van der Waals surface area contributed by atoms with Crippen molar-refractivity contribution in [3.63, 3.8) is 0 Å². The van der Waals surface area contributed by atoms with Crippen molar-refractivity contribution in [2.75, 3.05) is 0 Å². The topological polar surface area (TPSA) is 66.0 Å². The number of aromatic nitrogens is 2. The minimum atomic E-state index is -0.959. The summed E-state index contributed by atoms with van der Waals surface area (Å²) in [6, 6.07) is 7.53. The fourth-order valence-corrected chi connectivity index (χ4v) is 1.45. The molecule has 0 bridgehead atoms. The van der Waals surface area contributed by atoms with E-state index in [-0.39, 0.29) is 0 Å². The maximum absolute atomic E-state index is 10.5. The number of rotatable bonds is 3. The molecule has 0 fully saturated rings. The highest BCUT2D eigenvalue weighted by atomic mass is 16.4. The molecule has 0 saturated heterocycles. The second-order valence-electron chi connectivity index (χ2n) is 3.22. The molecule has 0 unspecified atom stereocenters. The zero-order chi connectivity index (χ0) is 11.4. The lowest BCUT2D eigenvalue weighted by atomic mass is 10.0. The highest BCUT2D eigenvalue weighted by molar-refractivity contribution is 5.87. The molecule has 0 amide bonds. The molecule has 2 rings (SSSR count). The summed E-state index contributed by atoms with van der Waals surface area (Å²) in [6.07, 6.45) is 5.98. The van der Waals surface area contributed by atoms with E-state index in [0.29, 0.717) is 0 Å². The summed E-state index contributed by atoms with van der Waals surface area (Å²) < 4.78 is 0. The summed E-state index contributed by atoms with van der Waals surface area (Å²) in [7, 11) is 0. The van der Waals surface area contributed by atoms with Crippen LogP contribution >= 0.6 is 0 Å². The Morgan fingerprint density at radius 1 is 1.38 bits per heavy atom. The van der Waals surface area contributed by atoms with Gasteiger partial charge in [0.25, 0.3) is 0 Å². The number of nitrogens with one attached hydrogen (secondary N) is 1. The number of carboxylic acid groups (broad SMARTS) is 1. The molecule has 0 radical (unpaired) electrons. The lowest BCUT2D eigenvalue weighted by molar-refractivity contribution is -0.131. The molecule has 0 saturated carbocycles. The summed E-state index contributed by atoms with van der Waals surface area (Å²) in [4.78, 5) is 17.4. The monoisotopic (exact) mass is 214 g/mol. The molecule has 1 heterocycles. The first-order valence-corrected chi connectivity index (χ1v) is 4.76. The van der Waals surface area contributed by atoms with Crippen molar-refractivity contribution in [3.05, 3.63) is 48.4 Å². The number of imidazole rings is 1. The van der Waals surface area contributed by atoms with Crippen LogP contribution in [0.2, 0.25) is 0 Å². The van der Waals surface area contributed by atoms with Crippen LogP contribution in [0.25, 0.3) is 17.3 Å². The van der Waals surface area contributed by atoms with Gasteiger partial charge in [0.15, 0.2) is 0 Å². The summed E-state index contributed by atoms with van der Waals surface area (Å²) in [6.45, 7) is 0. The third-order valence-corrected chi connectivity index (χ3v) is 2.15. The van der Waals surface area contributed by atoms with Crippen LogP contribution < -0.4 is 0 Å². The first-order valence-electron chi connectivity index (χ1n) is 4.76. The predicted molar refractivity (Wildman–Crippen MR) is 60.7 cm³/mol. The van der Waals surface area contributed by atoms with E-state index in [4.69, 9.17) is 5.11 Å². The Bertz CT molecular complexity index is 516. The zero-order valence-electron chi connectivity index (χ0n) is 8.42. The minimum Gasteiger partial charge on any atom is -0.478 e. The third kappa shape index (κ3) is 2.17. The Morgan fingerprint density at radius 3 is 2.88 bits per heavy atom. The number of carbonyl (C=O) groups is 1. The van der Waals surface area contributed by atoms with Crippen LogP contribution in [0, 0.1) is 0 Å². The number of H-pyrrole nitrogens is 1. The molecule has 0 spiro atoms. The van der Waals surface area contributed by atoms with E-state index in [1.54, 1.807) is 18.6 Å². The number of aromatic amines is 1. The Labute approximate surface area is 92.3 Å². The Balaban J connectivity index is 2.42. The molecule has 0 atom stereocenters. The second kappa shape index (κ2) is 4.44. The van der Waals surface area contributed by atoms with Crippen molar-refractivity contribution in [1.29, 1.82) is 0 Å². The molecule has 80 valence electrons. The SMILES string of the molecule is O=C(O)C=Cc1ccccc1-c1cnc[nH]1. The van der Waals surface area contributed by atoms with Gasteiger partial charge in [0.2, 0.25) is 0 Å². The van der Waals surface area contributed by atoms with Crippen molar-refractivity contribution >= 4 is 12.0 Å². The molecule has 2 N–H and O–H groups in total. The van der Waals surface area contributed by atoms with Crippen LogP contribution in [0.5, 0.6) is 0 Å². The molecule has 4 heteroatoms. The van der Waals surface area contributed by atoms with E-state index >= 15 is 0 Å². The molecular weight excluding hydrogens is 204 g/mol. The zero-order valence-corrected chi connectivity index (χ0v) is 8.42. The average Bonchev–Trinajstić information content (AvgIpc) is 2.80. The third-order valence-electron chi connectivity index (χ3n) is 2.15. The van der Waals surface area contributed by atoms with Gasteiger partial charge >= 0.3 is 5.97 Å². The number of nitrogens with zero attached hydrogens (tertiary/aromatic N) is 1. The number of hydrogen-bond acceptors (Lipinski definition) is 2. The highest BCUT2D eigenvalue weighted by Gasteiger charge is 2.02. The van der Waals surface area contributed by atoms with Gasteiger partial charge in [-0.05, 0) is 11.6 Å². The van der Waals surface area contributed by atoms with Crippen molar-refractivity contribution in [1.82, 2.24) is 9.97 Å². The van der Waals surface area contributed by atoms with E-state index in [0.717, 1.165) is 22.9 Å². The molecule has 16 heavy (non-hydrogen) atoms. The van der Waals surface area contributed by atoms with Gasteiger partial charge in [-0.3, -0.25) is 0 Å². The standard InChI is InChI=1S/C12H10N2O2/c15-12(16)6-5-9-3-1-2-4-10(9)11-7-13-8-14-11/h1-8H,(H,13,14)(H,15,16). The fourth-order valence-electron chi connectivity index (χ4n) is 1.45. The van der Waals surface area contributed by atoms with Crippen molar-refractivity contribution in [2.45, 2.75) is 0 Å².